The van der Waals surface area contributed by atoms with E-state index in [4.69, 9.17) is 9.47 Å². The molecule has 5 rings (SSSR count). The summed E-state index contributed by atoms with van der Waals surface area (Å²) in [6.07, 6.45) is -0.189. The second-order valence-electron chi connectivity index (χ2n) is 20.7. The van der Waals surface area contributed by atoms with Crippen LogP contribution in [0.1, 0.15) is 126 Å². The van der Waals surface area contributed by atoms with Crippen LogP contribution in [0.5, 0.6) is 17.2 Å². The number of fused-ring (bicyclic) bond motifs is 5. The van der Waals surface area contributed by atoms with Gasteiger partial charge in [0.05, 0.1) is 0 Å². The summed E-state index contributed by atoms with van der Waals surface area (Å²) >= 11 is 0. The van der Waals surface area contributed by atoms with E-state index in [1.54, 1.807) is 31.2 Å². The van der Waals surface area contributed by atoms with E-state index in [2.05, 4.69) is 42.5 Å². The number of esters is 1. The van der Waals surface area contributed by atoms with E-state index in [9.17, 15) is 48.3 Å². The average Bonchev–Trinajstić information content (AvgIpc) is 3.31. The third-order valence-electron chi connectivity index (χ3n) is 12.7. The number of carbonyl (C=O) groups excluding carboxylic acids is 9. The minimum absolute atomic E-state index is 0.00410. The van der Waals surface area contributed by atoms with Crippen molar-refractivity contribution >= 4 is 53.2 Å². The van der Waals surface area contributed by atoms with Crippen molar-refractivity contribution in [3.05, 3.63) is 53.6 Å². The lowest BCUT2D eigenvalue weighted by Gasteiger charge is -2.32. The smallest absolute Gasteiger partial charge is 0.329 e. The average molecular weight is 1020 g/mol. The first kappa shape index (κ1) is 58.8. The molecule has 1 saturated heterocycles. The molecule has 0 aliphatic carbocycles. The first-order valence-corrected chi connectivity index (χ1v) is 25.6. The Morgan fingerprint density at radius 3 is 1.88 bits per heavy atom. The number of phenols is 1. The molecule has 10 unspecified atom stereocenters. The van der Waals surface area contributed by atoms with Gasteiger partial charge in [-0.25, -0.2) is 4.79 Å². The number of hydrogen-bond donors (Lipinski definition) is 9. The molecule has 3 aliphatic rings. The molecule has 20 heteroatoms. The van der Waals surface area contributed by atoms with E-state index in [-0.39, 0.29) is 79.4 Å². The lowest BCUT2D eigenvalue weighted by molar-refractivity contribution is -0.156. The zero-order chi connectivity index (χ0) is 54.3. The molecule has 0 radical (unpaired) electrons. The number of aromatic hydroxyl groups is 1. The fourth-order valence-corrected chi connectivity index (χ4v) is 8.47. The van der Waals surface area contributed by atoms with Crippen LogP contribution in [0, 0.1) is 23.7 Å². The fraction of sp³-hybridized carbons (Fsp3) is 0.604. The summed E-state index contributed by atoms with van der Waals surface area (Å²) in [6, 6.07) is 0.317. The molecule has 6 bridgehead atoms. The minimum Gasteiger partial charge on any atom is -0.504 e. The summed E-state index contributed by atoms with van der Waals surface area (Å²) in [6.45, 7) is 19.3. The Bertz CT molecular complexity index is 2290. The number of amides is 8. The Balaban J connectivity index is 1.87. The van der Waals surface area contributed by atoms with E-state index in [1.165, 1.54) is 32.0 Å². The third kappa shape index (κ3) is 17.8. The van der Waals surface area contributed by atoms with Crippen molar-refractivity contribution in [1.82, 2.24) is 42.5 Å². The standard InChI is InChI=1S/C53H78N8O12/c1-12-14-43(63)55-36(21-27(3)4)47(65)54-31(10)46(64)56-39-24-33-15-18-35(19-16-33)73-42-26-34(17-20-41(42)62)25-40-53(71)72-32(11)45(61-50(39)68)52(70)58-37(22-28(5)6)48(66)57-38(23-29(7)8)49(67)60-44(30(9)13-2)51(69)59-40/h15-20,26-32,36-40,44-45,62H,12-14,21-25H2,1-11H3,(H,54,65)(H,55,63)(H,56,64)(H,57,66)(H,58,70)(H,59,69)(H,60,67)(H,61,68). The summed E-state index contributed by atoms with van der Waals surface area (Å²) in [7, 11) is 0. The second kappa shape index (κ2) is 27.4. The van der Waals surface area contributed by atoms with Crippen LogP contribution in [-0.2, 0) is 60.7 Å². The van der Waals surface area contributed by atoms with Crippen LogP contribution >= 0.6 is 0 Å². The molecule has 402 valence electrons. The van der Waals surface area contributed by atoms with Gasteiger partial charge >= 0.3 is 5.97 Å². The maximum absolute atomic E-state index is 14.7. The van der Waals surface area contributed by atoms with Crippen LogP contribution in [0.25, 0.3) is 0 Å². The van der Waals surface area contributed by atoms with Gasteiger partial charge in [-0.05, 0) is 98.6 Å². The molecule has 1 fully saturated rings. The normalized spacial score (nSPS) is 23.6. The van der Waals surface area contributed by atoms with Crippen LogP contribution in [-0.4, -0.2) is 113 Å². The minimum atomic E-state index is -1.74. The van der Waals surface area contributed by atoms with E-state index < -0.39 is 108 Å². The van der Waals surface area contributed by atoms with Crippen LogP contribution in [0.3, 0.4) is 0 Å². The molecule has 2 aromatic rings. The van der Waals surface area contributed by atoms with Crippen LogP contribution in [0.15, 0.2) is 42.5 Å². The first-order valence-electron chi connectivity index (χ1n) is 25.6. The number of carbonyl (C=O) groups is 9. The van der Waals surface area contributed by atoms with Gasteiger partial charge in [0, 0.05) is 19.3 Å². The zero-order valence-electron chi connectivity index (χ0n) is 44.1. The third-order valence-corrected chi connectivity index (χ3v) is 12.7. The number of ether oxygens (including phenoxy) is 2. The van der Waals surface area contributed by atoms with Gasteiger partial charge in [0.25, 0.3) is 0 Å². The predicted octanol–water partition coefficient (Wildman–Crippen LogP) is 3.11. The lowest BCUT2D eigenvalue weighted by Crippen LogP contribution is -2.63. The molecular weight excluding hydrogens is 941 g/mol. The Labute approximate surface area is 428 Å². The highest BCUT2D eigenvalue weighted by Crippen LogP contribution is 2.32. The number of nitrogens with one attached hydrogen (secondary N) is 8. The van der Waals surface area contributed by atoms with Gasteiger partial charge < -0.3 is 57.1 Å². The summed E-state index contributed by atoms with van der Waals surface area (Å²) in [5, 5.41) is 32.7. The monoisotopic (exact) mass is 1020 g/mol. The largest absolute Gasteiger partial charge is 0.504 e. The molecule has 10 atom stereocenters. The molecule has 0 spiro atoms. The van der Waals surface area contributed by atoms with Crippen LogP contribution in [0.2, 0.25) is 0 Å². The van der Waals surface area contributed by atoms with Gasteiger partial charge in [-0.15, -0.1) is 0 Å². The molecule has 3 heterocycles. The van der Waals surface area contributed by atoms with Gasteiger partial charge in [-0.1, -0.05) is 86.9 Å². The van der Waals surface area contributed by atoms with Crippen LogP contribution < -0.4 is 47.3 Å². The highest BCUT2D eigenvalue weighted by Gasteiger charge is 2.40. The Morgan fingerprint density at radius 2 is 1.29 bits per heavy atom. The number of rotatable bonds is 15. The topological polar surface area (TPSA) is 289 Å². The van der Waals surface area contributed by atoms with Crippen molar-refractivity contribution in [3.8, 4) is 17.2 Å². The van der Waals surface area contributed by atoms with E-state index >= 15 is 0 Å². The van der Waals surface area contributed by atoms with Gasteiger partial charge in [0.2, 0.25) is 47.3 Å². The van der Waals surface area contributed by atoms with Crippen molar-refractivity contribution < 1.29 is 57.7 Å². The molecule has 0 saturated carbocycles. The molecule has 73 heavy (non-hydrogen) atoms. The maximum Gasteiger partial charge on any atom is 0.329 e. The van der Waals surface area contributed by atoms with E-state index in [1.807, 2.05) is 55.4 Å². The summed E-state index contributed by atoms with van der Waals surface area (Å²) in [4.78, 5) is 127. The molecule has 20 nitrogen and oxygen atoms in total. The van der Waals surface area contributed by atoms with Crippen molar-refractivity contribution in [3.63, 3.8) is 0 Å². The molecular formula is C53H78N8O12. The molecule has 0 aromatic heterocycles. The van der Waals surface area contributed by atoms with Gasteiger partial charge in [-0.3, -0.25) is 38.4 Å². The first-order chi connectivity index (χ1) is 34.4. The van der Waals surface area contributed by atoms with Crippen molar-refractivity contribution in [2.45, 2.75) is 182 Å². The fourth-order valence-electron chi connectivity index (χ4n) is 8.47. The van der Waals surface area contributed by atoms with E-state index in [0.717, 1.165) is 0 Å². The number of phenolic OH excluding ortho intramolecular Hbond substituents is 1. The van der Waals surface area contributed by atoms with Gasteiger partial charge in [0.1, 0.15) is 60.2 Å². The molecule has 2 aromatic carbocycles. The molecule has 3 aliphatic heterocycles. The van der Waals surface area contributed by atoms with Gasteiger partial charge in [0.15, 0.2) is 11.5 Å². The van der Waals surface area contributed by atoms with E-state index in [0.29, 0.717) is 24.0 Å². The number of benzene rings is 2. The highest BCUT2D eigenvalue weighted by atomic mass is 16.5. The number of hydrogen-bond acceptors (Lipinski definition) is 12. The van der Waals surface area contributed by atoms with Crippen LogP contribution in [0.4, 0.5) is 0 Å². The summed E-state index contributed by atoms with van der Waals surface area (Å²) < 4.78 is 12.0. The Morgan fingerprint density at radius 1 is 0.685 bits per heavy atom. The highest BCUT2D eigenvalue weighted by molar-refractivity contribution is 5.98. The van der Waals surface area contributed by atoms with Gasteiger partial charge in [-0.2, -0.15) is 0 Å². The maximum atomic E-state index is 14.7. The molecule has 8 amide bonds. The lowest BCUT2D eigenvalue weighted by atomic mass is 9.95. The van der Waals surface area contributed by atoms with Crippen molar-refractivity contribution in [2.75, 3.05) is 0 Å². The Hall–Kier alpha value is -6.73. The van der Waals surface area contributed by atoms with Crippen molar-refractivity contribution in [1.29, 1.82) is 0 Å². The summed E-state index contributed by atoms with van der Waals surface area (Å²) in [5.41, 5.74) is 0.919. The second-order valence-corrected chi connectivity index (χ2v) is 20.7. The summed E-state index contributed by atoms with van der Waals surface area (Å²) in [5.74, 6) is -7.46. The quantitative estimate of drug-likeness (QED) is 0.116. The SMILES string of the molecule is CCCC(=O)NC(CC(C)C)C(=O)NC(C)C(=O)NC1Cc2ccc(cc2)Oc2cc(ccc2O)CC2NC(=O)C(C(C)CC)NC(=O)C(CC(C)C)NC(=O)C(CC(C)C)NC(=O)C(NC1=O)C(C)OC2=O. The molecule has 9 N–H and O–H groups in total. The zero-order valence-corrected chi connectivity index (χ0v) is 44.1. The Kier molecular flexibility index (Phi) is 22.1. The predicted molar refractivity (Wildman–Crippen MR) is 271 cm³/mol. The van der Waals surface area contributed by atoms with Crippen molar-refractivity contribution in [2.24, 2.45) is 23.7 Å².